The van der Waals surface area contributed by atoms with Gasteiger partial charge in [-0.1, -0.05) is 49.6 Å². The molecular formula is C26H38N2O4S. The Morgan fingerprint density at radius 1 is 1.18 bits per heavy atom. The molecule has 2 amide bonds. The fourth-order valence-electron chi connectivity index (χ4n) is 4.11. The number of hydrogen-bond donors (Lipinski definition) is 4. The van der Waals surface area contributed by atoms with Gasteiger partial charge in [-0.3, -0.25) is 9.59 Å². The lowest BCUT2D eigenvalue weighted by Crippen LogP contribution is -2.42. The Morgan fingerprint density at radius 2 is 1.85 bits per heavy atom. The second-order valence-corrected chi connectivity index (χ2v) is 8.76. The van der Waals surface area contributed by atoms with Gasteiger partial charge in [-0.15, -0.1) is 11.3 Å². The van der Waals surface area contributed by atoms with E-state index in [2.05, 4.69) is 40.3 Å². The molecular weight excluding hydrogens is 436 g/mol. The van der Waals surface area contributed by atoms with Crippen LogP contribution in [0, 0.1) is 0 Å². The second-order valence-electron chi connectivity index (χ2n) is 7.84. The summed E-state index contributed by atoms with van der Waals surface area (Å²) < 4.78 is 1.31. The Kier molecular flexibility index (Phi) is 13.1. The minimum atomic E-state index is -0.201. The zero-order valence-corrected chi connectivity index (χ0v) is 21.0. The van der Waals surface area contributed by atoms with E-state index in [0.717, 1.165) is 26.5 Å². The number of allylic oxidation sites excluding steroid dienone is 2. The summed E-state index contributed by atoms with van der Waals surface area (Å²) in [6.07, 6.45) is 9.95. The van der Waals surface area contributed by atoms with Gasteiger partial charge in [0, 0.05) is 30.3 Å². The van der Waals surface area contributed by atoms with E-state index >= 15 is 0 Å². The van der Waals surface area contributed by atoms with Gasteiger partial charge >= 0.3 is 0 Å². The average molecular weight is 475 g/mol. The van der Waals surface area contributed by atoms with Crippen LogP contribution < -0.4 is 10.6 Å². The van der Waals surface area contributed by atoms with Gasteiger partial charge in [0.05, 0.1) is 5.57 Å². The van der Waals surface area contributed by atoms with Gasteiger partial charge < -0.3 is 20.8 Å². The molecule has 33 heavy (non-hydrogen) atoms. The average Bonchev–Trinajstić information content (AvgIpc) is 3.28. The fraction of sp³-hybridized carbons (Fsp3) is 0.462. The number of carbonyl (C=O) groups excluding carboxylic acids is 2. The van der Waals surface area contributed by atoms with E-state index in [-0.39, 0.29) is 17.1 Å². The summed E-state index contributed by atoms with van der Waals surface area (Å²) in [5, 5.41) is 25.9. The van der Waals surface area contributed by atoms with E-state index in [4.69, 9.17) is 5.11 Å². The summed E-state index contributed by atoms with van der Waals surface area (Å²) in [5.74, 6) is -0.146. The molecule has 1 aliphatic carbocycles. The highest BCUT2D eigenvalue weighted by molar-refractivity contribution is 7.17. The maximum absolute atomic E-state index is 12.6. The summed E-state index contributed by atoms with van der Waals surface area (Å²) in [4.78, 5) is 21.9. The molecule has 3 rings (SSSR count). The lowest BCUT2D eigenvalue weighted by molar-refractivity contribution is -0.117. The quantitative estimate of drug-likeness (QED) is 0.197. The number of aliphatic hydroxyl groups excluding tert-OH is 2. The van der Waals surface area contributed by atoms with Gasteiger partial charge in [-0.2, -0.15) is 0 Å². The highest BCUT2D eigenvalue weighted by atomic mass is 32.1. The molecule has 1 aliphatic rings. The molecule has 1 heterocycles. The smallest absolute Gasteiger partial charge is 0.254 e. The molecule has 6 nitrogen and oxygen atoms in total. The summed E-state index contributed by atoms with van der Waals surface area (Å²) in [5.41, 5.74) is 1.70. The molecule has 1 saturated carbocycles. The van der Waals surface area contributed by atoms with Crippen molar-refractivity contribution >= 4 is 33.7 Å². The lowest BCUT2D eigenvalue weighted by Gasteiger charge is -2.37. The first-order valence-electron chi connectivity index (χ1n) is 11.4. The summed E-state index contributed by atoms with van der Waals surface area (Å²) in [7, 11) is 1.00. The third kappa shape index (κ3) is 8.02. The highest BCUT2D eigenvalue weighted by Crippen LogP contribution is 2.44. The van der Waals surface area contributed by atoms with Gasteiger partial charge in [0.25, 0.3) is 5.91 Å². The molecule has 0 radical (unpaired) electrons. The van der Waals surface area contributed by atoms with Crippen LogP contribution in [0.15, 0.2) is 53.1 Å². The van der Waals surface area contributed by atoms with Crippen LogP contribution in [0.25, 0.3) is 10.1 Å². The van der Waals surface area contributed by atoms with Crippen molar-refractivity contribution in [3.05, 3.63) is 58.7 Å². The minimum Gasteiger partial charge on any atom is -0.512 e. The van der Waals surface area contributed by atoms with Crippen LogP contribution in [0.4, 0.5) is 0 Å². The molecule has 1 fully saturated rings. The Labute approximate surface area is 201 Å². The van der Waals surface area contributed by atoms with E-state index in [1.165, 1.54) is 34.9 Å². The molecule has 0 aliphatic heterocycles. The number of aliphatic hydroxyl groups is 2. The fourth-order valence-corrected chi connectivity index (χ4v) is 5.20. The van der Waals surface area contributed by atoms with Crippen molar-refractivity contribution in [3.8, 4) is 0 Å². The van der Waals surface area contributed by atoms with E-state index < -0.39 is 0 Å². The molecule has 2 aromatic rings. The normalized spacial score (nSPS) is 15.4. The predicted octanol–water partition coefficient (Wildman–Crippen LogP) is 4.99. The molecule has 0 atom stereocenters. The first kappa shape index (κ1) is 28.4. The molecule has 4 N–H and O–H groups in total. The minimum absolute atomic E-state index is 0.0160. The molecule has 1 aromatic heterocycles. The molecule has 0 saturated heterocycles. The third-order valence-corrected chi connectivity index (χ3v) is 6.67. The topological polar surface area (TPSA) is 98.7 Å². The number of rotatable bonds is 7. The highest BCUT2D eigenvalue weighted by Gasteiger charge is 2.36. The lowest BCUT2D eigenvalue weighted by atomic mass is 9.69. The van der Waals surface area contributed by atoms with Gasteiger partial charge in [0.2, 0.25) is 6.41 Å². The zero-order valence-electron chi connectivity index (χ0n) is 20.2. The first-order chi connectivity index (χ1) is 16.0. The largest absolute Gasteiger partial charge is 0.512 e. The maximum Gasteiger partial charge on any atom is 0.254 e. The molecule has 7 heteroatoms. The molecule has 182 valence electrons. The van der Waals surface area contributed by atoms with Gasteiger partial charge in [-0.05, 0) is 56.0 Å². The van der Waals surface area contributed by atoms with E-state index in [0.29, 0.717) is 18.5 Å². The SMILES string of the molecule is C/C=C/C(C(=O)NCC1(c2csc3ccccc23)CCCCC1)=C(/C)O.CCNC=O.CO. The first-order valence-corrected chi connectivity index (χ1v) is 12.3. The number of nitrogens with one attached hydrogen (secondary N) is 2. The van der Waals surface area contributed by atoms with Crippen molar-refractivity contribution in [1.29, 1.82) is 0 Å². The summed E-state index contributed by atoms with van der Waals surface area (Å²) in [6, 6.07) is 8.54. The zero-order chi connectivity index (χ0) is 24.7. The number of fused-ring (bicyclic) bond motifs is 1. The Balaban J connectivity index is 0.000000689. The van der Waals surface area contributed by atoms with Crippen molar-refractivity contribution in [3.63, 3.8) is 0 Å². The van der Waals surface area contributed by atoms with Crippen LogP contribution >= 0.6 is 11.3 Å². The van der Waals surface area contributed by atoms with Crippen molar-refractivity contribution < 1.29 is 19.8 Å². The van der Waals surface area contributed by atoms with Crippen molar-refractivity contribution in [2.24, 2.45) is 0 Å². The van der Waals surface area contributed by atoms with Crippen LogP contribution in [0.2, 0.25) is 0 Å². The van der Waals surface area contributed by atoms with Gasteiger partial charge in [0.15, 0.2) is 0 Å². The van der Waals surface area contributed by atoms with Crippen LogP contribution in [-0.4, -0.2) is 42.7 Å². The number of amides is 2. The third-order valence-electron chi connectivity index (χ3n) is 5.71. The Morgan fingerprint density at radius 3 is 2.39 bits per heavy atom. The summed E-state index contributed by atoms with van der Waals surface area (Å²) in [6.45, 7) is 6.60. The molecule has 0 bridgehead atoms. The standard InChI is InChI=1S/C22H27NO2S.C3H7NO.CH4O/c1-3-9-17(16(2)24)21(25)23-15-22(12-7-4-8-13-22)19-14-26-20-11-6-5-10-18(19)20;1-2-4-3-5;1-2/h3,5-6,9-11,14,24H,4,7-8,12-13,15H2,1-2H3,(H,23,25);3H,2H2,1H3,(H,4,5);2H,1H3/b9-3+,17-16+;;. The number of carbonyl (C=O) groups is 2. The van der Waals surface area contributed by atoms with Crippen LogP contribution in [0.3, 0.4) is 0 Å². The summed E-state index contributed by atoms with van der Waals surface area (Å²) >= 11 is 1.79. The van der Waals surface area contributed by atoms with Crippen molar-refractivity contribution in [2.75, 3.05) is 20.2 Å². The van der Waals surface area contributed by atoms with E-state index in [1.807, 2.05) is 13.8 Å². The van der Waals surface area contributed by atoms with Crippen LogP contribution in [0.5, 0.6) is 0 Å². The van der Waals surface area contributed by atoms with Crippen LogP contribution in [-0.2, 0) is 15.0 Å². The number of benzene rings is 1. The number of hydrogen-bond acceptors (Lipinski definition) is 5. The molecule has 1 aromatic carbocycles. The van der Waals surface area contributed by atoms with Gasteiger partial charge in [0.1, 0.15) is 5.76 Å². The van der Waals surface area contributed by atoms with Crippen molar-refractivity contribution in [1.82, 2.24) is 10.6 Å². The predicted molar refractivity (Wildman–Crippen MR) is 138 cm³/mol. The second kappa shape index (κ2) is 15.2. The van der Waals surface area contributed by atoms with E-state index in [9.17, 15) is 14.7 Å². The Bertz CT molecular complexity index is 923. The van der Waals surface area contributed by atoms with E-state index in [1.54, 1.807) is 30.4 Å². The number of thiophene rings is 1. The van der Waals surface area contributed by atoms with Gasteiger partial charge in [-0.25, -0.2) is 0 Å². The Hall–Kier alpha value is -2.64. The molecule has 0 spiro atoms. The molecule has 0 unspecified atom stereocenters. The van der Waals surface area contributed by atoms with Crippen LogP contribution in [0.1, 0.15) is 58.4 Å². The van der Waals surface area contributed by atoms with Crippen molar-refractivity contribution in [2.45, 2.75) is 58.3 Å². The maximum atomic E-state index is 12.6. The monoisotopic (exact) mass is 474 g/mol.